The van der Waals surface area contributed by atoms with Crippen molar-refractivity contribution in [2.75, 3.05) is 30.5 Å². The summed E-state index contributed by atoms with van der Waals surface area (Å²) in [5.74, 6) is -0.713. The number of ether oxygens (including phenoxy) is 2. The summed E-state index contributed by atoms with van der Waals surface area (Å²) in [5.41, 5.74) is 13.1. The van der Waals surface area contributed by atoms with Gasteiger partial charge in [0.1, 0.15) is 12.4 Å². The van der Waals surface area contributed by atoms with Gasteiger partial charge >= 0.3 is 0 Å². The highest BCUT2D eigenvalue weighted by atomic mass is 19.1. The number of carbonyl (C=O) groups is 1. The lowest BCUT2D eigenvalue weighted by Crippen LogP contribution is -2.43. The molecule has 2 aromatic heterocycles. The van der Waals surface area contributed by atoms with Crippen molar-refractivity contribution < 1.29 is 18.7 Å². The first-order chi connectivity index (χ1) is 17.9. The zero-order chi connectivity index (χ0) is 26.2. The number of nitrogens with one attached hydrogen (secondary N) is 2. The number of anilines is 3. The number of hydrogen-bond acceptors (Lipinski definition) is 8. The van der Waals surface area contributed by atoms with Crippen molar-refractivity contribution in [3.05, 3.63) is 47.8 Å². The molecule has 1 amide bonds. The Morgan fingerprint density at radius 2 is 1.92 bits per heavy atom. The predicted octanol–water partition coefficient (Wildman–Crippen LogP) is 4.49. The Hall–Kier alpha value is -3.50. The smallest absolute Gasteiger partial charge is 0.252 e. The van der Waals surface area contributed by atoms with Crippen molar-refractivity contribution in [1.82, 2.24) is 9.97 Å². The lowest BCUT2D eigenvalue weighted by atomic mass is 9.91. The topological polar surface area (TPSA) is 137 Å². The first-order valence-electron chi connectivity index (χ1n) is 12.9. The number of halogens is 1. The average molecular weight is 511 g/mol. The molecule has 37 heavy (non-hydrogen) atoms. The van der Waals surface area contributed by atoms with Crippen LogP contribution in [0.4, 0.5) is 21.7 Å². The van der Waals surface area contributed by atoms with Crippen LogP contribution in [-0.4, -0.2) is 47.8 Å². The van der Waals surface area contributed by atoms with Gasteiger partial charge in [0.25, 0.3) is 5.91 Å². The van der Waals surface area contributed by atoms with Crippen LogP contribution in [0.1, 0.15) is 55.8 Å². The zero-order valence-electron chi connectivity index (χ0n) is 21.1. The predicted molar refractivity (Wildman–Crippen MR) is 143 cm³/mol. The van der Waals surface area contributed by atoms with Crippen LogP contribution in [0.15, 0.2) is 36.4 Å². The molecule has 2 heterocycles. The van der Waals surface area contributed by atoms with E-state index in [1.54, 1.807) is 12.1 Å². The second kappa shape index (κ2) is 12.6. The standard InChI is InChI=1S/C27H35FN6O3/c1-2-3-12-36-13-14-37-24-11-8-17-15-18(9-10-22(17)32-24)31-26-19(25(30)35)16-20(28)27(34-26)33-23-7-5-4-6-21(23)29/h8-11,15-16,21,23H,2-7,12-14,29H2,1H3,(H2,30,35)(H2,31,33,34). The molecular formula is C27H35FN6O3. The fourth-order valence-corrected chi connectivity index (χ4v) is 4.34. The number of amides is 1. The SMILES string of the molecule is CCCCOCCOc1ccc2cc(Nc3nc(NC4CCCCC4N)c(F)cc3C(N)=O)ccc2n1. The molecular weight excluding hydrogens is 475 g/mol. The number of rotatable bonds is 12. The van der Waals surface area contributed by atoms with Crippen LogP contribution < -0.4 is 26.8 Å². The minimum atomic E-state index is -0.780. The molecule has 0 aliphatic heterocycles. The highest BCUT2D eigenvalue weighted by molar-refractivity contribution is 5.99. The Morgan fingerprint density at radius 3 is 2.70 bits per heavy atom. The van der Waals surface area contributed by atoms with Gasteiger partial charge in [-0.1, -0.05) is 26.2 Å². The highest BCUT2D eigenvalue weighted by Gasteiger charge is 2.24. The molecule has 3 aromatic rings. The Kier molecular flexibility index (Phi) is 9.08. The molecule has 1 aliphatic rings. The van der Waals surface area contributed by atoms with Crippen molar-refractivity contribution in [2.24, 2.45) is 11.5 Å². The first-order valence-corrected chi connectivity index (χ1v) is 12.9. The average Bonchev–Trinajstić information content (AvgIpc) is 2.89. The highest BCUT2D eigenvalue weighted by Crippen LogP contribution is 2.28. The van der Waals surface area contributed by atoms with Crippen molar-refractivity contribution in [3.63, 3.8) is 0 Å². The summed E-state index contributed by atoms with van der Waals surface area (Å²) in [6.07, 6.45) is 5.90. The number of hydrogen-bond donors (Lipinski definition) is 4. The Bertz CT molecular complexity index is 1220. The summed E-state index contributed by atoms with van der Waals surface area (Å²) in [6.45, 7) is 3.79. The maximum atomic E-state index is 14.8. The van der Waals surface area contributed by atoms with Crippen molar-refractivity contribution in [1.29, 1.82) is 0 Å². The van der Waals surface area contributed by atoms with Gasteiger partial charge in [0, 0.05) is 35.8 Å². The maximum absolute atomic E-state index is 14.8. The molecule has 0 spiro atoms. The van der Waals surface area contributed by atoms with Crippen LogP contribution in [-0.2, 0) is 4.74 Å². The Morgan fingerprint density at radius 1 is 1.08 bits per heavy atom. The molecule has 0 bridgehead atoms. The second-order valence-corrected chi connectivity index (χ2v) is 9.27. The van der Waals surface area contributed by atoms with Crippen LogP contribution in [0.2, 0.25) is 0 Å². The molecule has 2 unspecified atom stereocenters. The molecule has 10 heteroatoms. The minimum Gasteiger partial charge on any atom is -0.475 e. The normalized spacial score (nSPS) is 17.5. The summed E-state index contributed by atoms with van der Waals surface area (Å²) < 4.78 is 26.0. The number of aromatic nitrogens is 2. The molecule has 198 valence electrons. The van der Waals surface area contributed by atoms with Gasteiger partial charge in [0.05, 0.1) is 17.7 Å². The van der Waals surface area contributed by atoms with Gasteiger partial charge in [0.15, 0.2) is 11.6 Å². The molecule has 1 fully saturated rings. The van der Waals surface area contributed by atoms with Crippen LogP contribution in [0.3, 0.4) is 0 Å². The molecule has 9 nitrogen and oxygen atoms in total. The van der Waals surface area contributed by atoms with Crippen LogP contribution in [0, 0.1) is 5.82 Å². The lowest BCUT2D eigenvalue weighted by Gasteiger charge is -2.30. The monoisotopic (exact) mass is 510 g/mol. The molecule has 1 aromatic carbocycles. The molecule has 1 saturated carbocycles. The van der Waals surface area contributed by atoms with E-state index >= 15 is 0 Å². The van der Waals surface area contributed by atoms with E-state index in [-0.39, 0.29) is 29.3 Å². The summed E-state index contributed by atoms with van der Waals surface area (Å²) in [4.78, 5) is 20.9. The van der Waals surface area contributed by atoms with E-state index in [0.29, 0.717) is 24.8 Å². The number of primary amides is 1. The molecule has 2 atom stereocenters. The zero-order valence-corrected chi connectivity index (χ0v) is 21.1. The number of pyridine rings is 2. The third kappa shape index (κ3) is 7.05. The number of benzene rings is 1. The van der Waals surface area contributed by atoms with Gasteiger partial charge in [-0.25, -0.2) is 14.4 Å². The molecule has 0 saturated heterocycles. The number of carbonyl (C=O) groups excluding carboxylic acids is 1. The molecule has 6 N–H and O–H groups in total. The van der Waals surface area contributed by atoms with Gasteiger partial charge in [0.2, 0.25) is 5.88 Å². The van der Waals surface area contributed by atoms with E-state index in [2.05, 4.69) is 27.5 Å². The molecule has 4 rings (SSSR count). The van der Waals surface area contributed by atoms with Gasteiger partial charge < -0.3 is 31.6 Å². The van der Waals surface area contributed by atoms with Gasteiger partial charge in [-0.3, -0.25) is 4.79 Å². The van der Waals surface area contributed by atoms with Gasteiger partial charge in [-0.15, -0.1) is 0 Å². The largest absolute Gasteiger partial charge is 0.475 e. The van der Waals surface area contributed by atoms with E-state index in [9.17, 15) is 9.18 Å². The summed E-state index contributed by atoms with van der Waals surface area (Å²) in [7, 11) is 0. The Labute approximate surface area is 216 Å². The van der Waals surface area contributed by atoms with Gasteiger partial charge in [-0.2, -0.15) is 0 Å². The quantitative estimate of drug-likeness (QED) is 0.262. The van der Waals surface area contributed by atoms with Crippen LogP contribution in [0.25, 0.3) is 10.9 Å². The molecule has 0 radical (unpaired) electrons. The number of nitrogens with two attached hydrogens (primary N) is 2. The van der Waals surface area contributed by atoms with Crippen LogP contribution >= 0.6 is 0 Å². The van der Waals surface area contributed by atoms with E-state index in [4.69, 9.17) is 20.9 Å². The van der Waals surface area contributed by atoms with E-state index in [1.807, 2.05) is 18.2 Å². The summed E-state index contributed by atoms with van der Waals surface area (Å²) in [6, 6.07) is 10.1. The lowest BCUT2D eigenvalue weighted by molar-refractivity contribution is 0.0966. The number of fused-ring (bicyclic) bond motifs is 1. The van der Waals surface area contributed by atoms with E-state index in [1.165, 1.54) is 0 Å². The summed E-state index contributed by atoms with van der Waals surface area (Å²) in [5, 5.41) is 7.08. The number of unbranched alkanes of at least 4 members (excludes halogenated alkanes) is 1. The maximum Gasteiger partial charge on any atom is 0.252 e. The van der Waals surface area contributed by atoms with E-state index in [0.717, 1.165) is 62.1 Å². The van der Waals surface area contributed by atoms with Crippen molar-refractivity contribution in [2.45, 2.75) is 57.5 Å². The third-order valence-electron chi connectivity index (χ3n) is 6.43. The van der Waals surface area contributed by atoms with Crippen molar-refractivity contribution >= 4 is 34.1 Å². The fraction of sp³-hybridized carbons (Fsp3) is 0.444. The second-order valence-electron chi connectivity index (χ2n) is 9.27. The van der Waals surface area contributed by atoms with Crippen molar-refractivity contribution in [3.8, 4) is 5.88 Å². The van der Waals surface area contributed by atoms with Crippen LogP contribution in [0.5, 0.6) is 5.88 Å². The first kappa shape index (κ1) is 26.6. The Balaban J connectivity index is 1.48. The minimum absolute atomic E-state index is 0.0396. The number of nitrogens with zero attached hydrogens (tertiary/aromatic N) is 2. The fourth-order valence-electron chi connectivity index (χ4n) is 4.34. The summed E-state index contributed by atoms with van der Waals surface area (Å²) >= 11 is 0. The molecule has 1 aliphatic carbocycles. The van der Waals surface area contributed by atoms with Gasteiger partial charge in [-0.05, 0) is 49.6 Å². The van der Waals surface area contributed by atoms with E-state index < -0.39 is 11.7 Å². The third-order valence-corrected chi connectivity index (χ3v) is 6.43.